The van der Waals surface area contributed by atoms with E-state index in [9.17, 15) is 0 Å². The van der Waals surface area contributed by atoms with Crippen LogP contribution in [0.4, 0.5) is 5.95 Å². The highest BCUT2D eigenvalue weighted by atomic mass is 32.1. The second-order valence-corrected chi connectivity index (χ2v) is 12.1. The van der Waals surface area contributed by atoms with E-state index in [1.54, 1.807) is 11.3 Å². The van der Waals surface area contributed by atoms with E-state index in [0.717, 1.165) is 48.8 Å². The van der Waals surface area contributed by atoms with Gasteiger partial charge in [-0.05, 0) is 79.5 Å². The summed E-state index contributed by atoms with van der Waals surface area (Å²) in [5.74, 6) is 1.51. The number of aromatic nitrogens is 2. The summed E-state index contributed by atoms with van der Waals surface area (Å²) in [7, 11) is 0. The summed E-state index contributed by atoms with van der Waals surface area (Å²) >= 11 is 1.78. The third kappa shape index (κ3) is 8.44. The van der Waals surface area contributed by atoms with Crippen molar-refractivity contribution >= 4 is 17.3 Å². The smallest absolute Gasteiger partial charge is 0.223 e. The average molecular weight is 498 g/mol. The molecule has 1 aliphatic heterocycles. The molecule has 2 aromatic heterocycles. The Bertz CT molecular complexity index is 1010. The molecule has 0 aromatic carbocycles. The average Bonchev–Trinajstić information content (AvgIpc) is 3.20. The molecule has 3 heterocycles. The minimum Gasteiger partial charge on any atom is -0.497 e. The van der Waals surface area contributed by atoms with Gasteiger partial charge in [-0.25, -0.2) is 9.97 Å². The van der Waals surface area contributed by atoms with Crippen LogP contribution in [-0.4, -0.2) is 51.7 Å². The summed E-state index contributed by atoms with van der Waals surface area (Å²) in [5, 5.41) is 7.34. The zero-order chi connectivity index (χ0) is 25.6. The van der Waals surface area contributed by atoms with Crippen molar-refractivity contribution < 1.29 is 4.74 Å². The van der Waals surface area contributed by atoms with Gasteiger partial charge in [0.05, 0.1) is 23.7 Å². The van der Waals surface area contributed by atoms with E-state index in [2.05, 4.69) is 86.8 Å². The minimum atomic E-state index is 0.0738. The number of piperidine rings is 1. The molecule has 0 atom stereocenters. The van der Waals surface area contributed by atoms with Crippen molar-refractivity contribution in [3.8, 4) is 10.6 Å². The maximum atomic E-state index is 5.62. The first-order valence-corrected chi connectivity index (χ1v) is 13.4. The molecule has 6 nitrogen and oxygen atoms in total. The van der Waals surface area contributed by atoms with Crippen LogP contribution in [-0.2, 0) is 11.3 Å². The van der Waals surface area contributed by atoms with Crippen LogP contribution in [0, 0.1) is 0 Å². The van der Waals surface area contributed by atoms with Crippen LogP contribution in [0.3, 0.4) is 0 Å². The van der Waals surface area contributed by atoms with Crippen molar-refractivity contribution in [1.82, 2.24) is 20.2 Å². The quantitative estimate of drug-likeness (QED) is 0.283. The highest BCUT2D eigenvalue weighted by Crippen LogP contribution is 2.31. The molecular formula is C28H43N5OS. The van der Waals surface area contributed by atoms with Gasteiger partial charge >= 0.3 is 0 Å². The molecule has 0 amide bonds. The van der Waals surface area contributed by atoms with Crippen LogP contribution in [0.15, 0.2) is 48.4 Å². The number of nitrogens with zero attached hydrogens (tertiary/aromatic N) is 3. The third-order valence-electron chi connectivity index (χ3n) is 6.19. The van der Waals surface area contributed by atoms with E-state index in [1.807, 2.05) is 19.2 Å². The topological polar surface area (TPSA) is 62.3 Å². The fourth-order valence-electron chi connectivity index (χ4n) is 5.10. The predicted molar refractivity (Wildman–Crippen MR) is 149 cm³/mol. The van der Waals surface area contributed by atoms with Gasteiger partial charge in [0, 0.05) is 41.3 Å². The number of anilines is 1. The number of ether oxygens (including phenoxy) is 1. The normalized spacial score (nSPS) is 18.0. The number of hydrogen-bond acceptors (Lipinski definition) is 7. The van der Waals surface area contributed by atoms with Crippen LogP contribution in [0.1, 0.15) is 66.2 Å². The van der Waals surface area contributed by atoms with E-state index >= 15 is 0 Å². The van der Waals surface area contributed by atoms with E-state index in [0.29, 0.717) is 18.6 Å². The Hall–Kier alpha value is -2.22. The molecule has 1 fully saturated rings. The van der Waals surface area contributed by atoms with Gasteiger partial charge in [0.25, 0.3) is 0 Å². The van der Waals surface area contributed by atoms with Crippen LogP contribution < -0.4 is 10.6 Å². The van der Waals surface area contributed by atoms with Crippen LogP contribution in [0.5, 0.6) is 0 Å². The van der Waals surface area contributed by atoms with Gasteiger partial charge < -0.3 is 15.4 Å². The molecule has 1 saturated heterocycles. The largest absolute Gasteiger partial charge is 0.497 e. The third-order valence-corrected chi connectivity index (χ3v) is 7.28. The number of hydrogen-bond donors (Lipinski definition) is 2. The molecule has 1 aliphatic rings. The molecule has 0 bridgehead atoms. The maximum Gasteiger partial charge on any atom is 0.223 e. The molecule has 2 aromatic rings. The highest BCUT2D eigenvalue weighted by molar-refractivity contribution is 7.15. The van der Waals surface area contributed by atoms with E-state index < -0.39 is 0 Å². The summed E-state index contributed by atoms with van der Waals surface area (Å²) < 4.78 is 5.62. The van der Waals surface area contributed by atoms with Gasteiger partial charge in [-0.15, -0.1) is 11.3 Å². The first kappa shape index (κ1) is 27.4. The van der Waals surface area contributed by atoms with Gasteiger partial charge in [-0.2, -0.15) is 0 Å². The molecule has 35 heavy (non-hydrogen) atoms. The zero-order valence-electron chi connectivity index (χ0n) is 22.6. The standard InChI is InChI=1S/C28H43N5OS/c1-9-20(3)17-33(18-21(4)34-10-2)19-23-11-12-25(35-23)24-13-14-29-26(31-24)30-22-15-27(5,6)32-28(7,8)16-22/h9,11-14,22,32H,4,10,15-19H2,1-3,5-8H3,(H,29,30,31)/b20-9+. The summed E-state index contributed by atoms with van der Waals surface area (Å²) in [6.07, 6.45) is 6.08. The maximum absolute atomic E-state index is 5.62. The van der Waals surface area contributed by atoms with Crippen LogP contribution in [0.2, 0.25) is 0 Å². The molecule has 0 radical (unpaired) electrons. The van der Waals surface area contributed by atoms with Gasteiger partial charge in [-0.1, -0.05) is 18.2 Å². The first-order chi connectivity index (χ1) is 16.5. The lowest BCUT2D eigenvalue weighted by molar-refractivity contribution is 0.170. The van der Waals surface area contributed by atoms with Gasteiger partial charge in [-0.3, -0.25) is 4.90 Å². The van der Waals surface area contributed by atoms with Gasteiger partial charge in [0.1, 0.15) is 5.76 Å². The molecule has 0 spiro atoms. The lowest BCUT2D eigenvalue weighted by atomic mass is 9.80. The molecule has 7 heteroatoms. The SMILES string of the molecule is C=C(CN(C/C(C)=C/C)Cc1ccc(-c2ccnc(NC3CC(C)(C)NC(C)(C)C3)n2)s1)OCC. The van der Waals surface area contributed by atoms with Crippen molar-refractivity contribution in [3.05, 3.63) is 53.3 Å². The molecule has 0 aliphatic carbocycles. The van der Waals surface area contributed by atoms with E-state index in [4.69, 9.17) is 9.72 Å². The van der Waals surface area contributed by atoms with Gasteiger partial charge in [0.15, 0.2) is 0 Å². The lowest BCUT2D eigenvalue weighted by Gasteiger charge is -2.46. The van der Waals surface area contributed by atoms with Crippen molar-refractivity contribution in [3.63, 3.8) is 0 Å². The Morgan fingerprint density at radius 2 is 1.94 bits per heavy atom. The number of rotatable bonds is 11. The van der Waals surface area contributed by atoms with Crippen LogP contribution in [0.25, 0.3) is 10.6 Å². The monoisotopic (exact) mass is 497 g/mol. The van der Waals surface area contributed by atoms with Crippen molar-refractivity contribution in [2.24, 2.45) is 0 Å². The Morgan fingerprint density at radius 3 is 2.60 bits per heavy atom. The molecule has 2 N–H and O–H groups in total. The minimum absolute atomic E-state index is 0.0738. The molecule has 192 valence electrons. The molecule has 0 saturated carbocycles. The summed E-state index contributed by atoms with van der Waals surface area (Å²) in [5.41, 5.74) is 2.44. The predicted octanol–water partition coefficient (Wildman–Crippen LogP) is 6.24. The molecular weight excluding hydrogens is 454 g/mol. The molecule has 0 unspecified atom stereocenters. The Balaban J connectivity index is 1.70. The van der Waals surface area contributed by atoms with Crippen molar-refractivity contribution in [2.45, 2.75) is 85.0 Å². The second-order valence-electron chi connectivity index (χ2n) is 10.9. The van der Waals surface area contributed by atoms with Crippen molar-refractivity contribution in [1.29, 1.82) is 0 Å². The second kappa shape index (κ2) is 11.7. The fraction of sp³-hybridized carbons (Fsp3) is 0.571. The summed E-state index contributed by atoms with van der Waals surface area (Å²) in [6.45, 7) is 22.5. The molecule has 3 rings (SSSR count). The van der Waals surface area contributed by atoms with E-state index in [1.165, 1.54) is 10.5 Å². The number of nitrogens with one attached hydrogen (secondary N) is 2. The fourth-order valence-corrected chi connectivity index (χ4v) is 6.12. The van der Waals surface area contributed by atoms with Crippen molar-refractivity contribution in [2.75, 3.05) is 25.0 Å². The Labute approximate surface area is 215 Å². The van der Waals surface area contributed by atoms with E-state index in [-0.39, 0.29) is 11.1 Å². The summed E-state index contributed by atoms with van der Waals surface area (Å²) in [4.78, 5) is 14.2. The van der Waals surface area contributed by atoms with Crippen LogP contribution >= 0.6 is 11.3 Å². The summed E-state index contributed by atoms with van der Waals surface area (Å²) in [6, 6.07) is 6.70. The first-order valence-electron chi connectivity index (χ1n) is 12.6. The highest BCUT2D eigenvalue weighted by Gasteiger charge is 2.37. The van der Waals surface area contributed by atoms with Gasteiger partial charge in [0.2, 0.25) is 5.95 Å². The number of thiophene rings is 1. The Kier molecular flexibility index (Phi) is 9.13. The lowest BCUT2D eigenvalue weighted by Crippen LogP contribution is -2.60. The number of allylic oxidation sites excluding steroid dienone is 1. The zero-order valence-corrected chi connectivity index (χ0v) is 23.4. The Morgan fingerprint density at radius 1 is 1.23 bits per heavy atom.